The number of carbonyl (C=O) groups is 2. The lowest BCUT2D eigenvalue weighted by Crippen LogP contribution is -2.28. The summed E-state index contributed by atoms with van der Waals surface area (Å²) in [6, 6.07) is 17.2. The fraction of sp³-hybridized carbons (Fsp3) is 0.273. The number of amides is 2. The van der Waals surface area contributed by atoms with E-state index < -0.39 is 5.92 Å². The van der Waals surface area contributed by atoms with Gasteiger partial charge in [0.05, 0.1) is 13.0 Å². The summed E-state index contributed by atoms with van der Waals surface area (Å²) in [7, 11) is 1.64. The zero-order valence-electron chi connectivity index (χ0n) is 16.7. The Bertz CT molecular complexity index is 1020. The van der Waals surface area contributed by atoms with Crippen LogP contribution in [0.4, 0.5) is 11.6 Å². The lowest BCUT2D eigenvalue weighted by atomic mass is 10.1. The molecule has 3 aromatic rings. The van der Waals surface area contributed by atoms with Gasteiger partial charge in [-0.3, -0.25) is 20.0 Å². The number of hydrogen-bond donors (Lipinski definition) is 2. The maximum atomic E-state index is 12.6. The van der Waals surface area contributed by atoms with E-state index in [9.17, 15) is 9.59 Å². The molecule has 30 heavy (non-hydrogen) atoms. The minimum absolute atomic E-state index is 0.0588. The van der Waals surface area contributed by atoms with Gasteiger partial charge in [-0.25, -0.2) is 0 Å². The van der Waals surface area contributed by atoms with Crippen molar-refractivity contribution in [3.63, 3.8) is 0 Å². The van der Waals surface area contributed by atoms with Gasteiger partial charge in [-0.1, -0.05) is 30.3 Å². The van der Waals surface area contributed by atoms with E-state index in [0.29, 0.717) is 18.8 Å². The van der Waals surface area contributed by atoms with Crippen molar-refractivity contribution in [2.75, 3.05) is 23.9 Å². The van der Waals surface area contributed by atoms with Crippen LogP contribution in [0.5, 0.6) is 5.75 Å². The molecule has 1 aromatic heterocycles. The highest BCUT2D eigenvalue weighted by molar-refractivity contribution is 6.03. The van der Waals surface area contributed by atoms with Crippen LogP contribution in [0.15, 0.2) is 54.6 Å². The summed E-state index contributed by atoms with van der Waals surface area (Å²) in [5, 5.41) is 9.66. The molecular weight excluding hydrogens is 382 g/mol. The molecule has 1 aliphatic heterocycles. The highest BCUT2D eigenvalue weighted by Crippen LogP contribution is 2.25. The van der Waals surface area contributed by atoms with Crippen LogP contribution in [0.1, 0.15) is 17.8 Å². The van der Waals surface area contributed by atoms with E-state index in [1.54, 1.807) is 12.0 Å². The van der Waals surface area contributed by atoms with E-state index >= 15 is 0 Å². The highest BCUT2D eigenvalue weighted by Gasteiger charge is 2.35. The maximum absolute atomic E-state index is 12.6. The second-order valence-corrected chi connectivity index (χ2v) is 7.18. The van der Waals surface area contributed by atoms with E-state index in [2.05, 4.69) is 20.5 Å². The van der Waals surface area contributed by atoms with Crippen molar-refractivity contribution < 1.29 is 14.3 Å². The molecule has 1 atom stereocenters. The predicted molar refractivity (Wildman–Crippen MR) is 112 cm³/mol. The van der Waals surface area contributed by atoms with Gasteiger partial charge in [0.15, 0.2) is 0 Å². The largest absolute Gasteiger partial charge is 0.497 e. The molecule has 154 valence electrons. The Hall–Kier alpha value is -3.68. The van der Waals surface area contributed by atoms with Crippen LogP contribution < -0.4 is 15.0 Å². The number of aryl methyl sites for hydroxylation is 2. The molecule has 4 rings (SSSR count). The average Bonchev–Trinajstić information content (AvgIpc) is 3.39. The van der Waals surface area contributed by atoms with Crippen LogP contribution >= 0.6 is 0 Å². The number of methoxy groups -OCH3 is 1. The number of para-hydroxylation sites is 1. The SMILES string of the molecule is COc1ccc(CCc2nc(NC(=O)[C@H]3CC(=O)N(c4ccccc4)C3)n[nH]2)cc1. The van der Waals surface area contributed by atoms with Crippen LogP contribution in [0, 0.1) is 5.92 Å². The van der Waals surface area contributed by atoms with E-state index in [1.165, 1.54) is 0 Å². The maximum Gasteiger partial charge on any atom is 0.248 e. The molecule has 0 aliphatic carbocycles. The van der Waals surface area contributed by atoms with Crippen LogP contribution in [-0.2, 0) is 22.4 Å². The molecule has 0 saturated carbocycles. The number of nitrogens with one attached hydrogen (secondary N) is 2. The predicted octanol–water partition coefficient (Wildman–Crippen LogP) is 2.59. The molecular formula is C22H23N5O3. The topological polar surface area (TPSA) is 100 Å². The van der Waals surface area contributed by atoms with Crippen molar-refractivity contribution in [1.29, 1.82) is 0 Å². The van der Waals surface area contributed by atoms with Gasteiger partial charge in [0, 0.05) is 25.1 Å². The molecule has 1 saturated heterocycles. The first-order valence-electron chi connectivity index (χ1n) is 9.83. The van der Waals surface area contributed by atoms with Crippen molar-refractivity contribution in [1.82, 2.24) is 15.2 Å². The third-order valence-corrected chi connectivity index (χ3v) is 5.14. The van der Waals surface area contributed by atoms with E-state index in [-0.39, 0.29) is 24.2 Å². The first-order chi connectivity index (χ1) is 14.6. The number of rotatable bonds is 7. The van der Waals surface area contributed by atoms with E-state index in [4.69, 9.17) is 4.74 Å². The highest BCUT2D eigenvalue weighted by atomic mass is 16.5. The quantitative estimate of drug-likeness (QED) is 0.629. The molecule has 2 amide bonds. The number of benzene rings is 2. The Morgan fingerprint density at radius 2 is 1.93 bits per heavy atom. The summed E-state index contributed by atoms with van der Waals surface area (Å²) >= 11 is 0. The third-order valence-electron chi connectivity index (χ3n) is 5.14. The number of nitrogens with zero attached hydrogens (tertiary/aromatic N) is 3. The van der Waals surface area contributed by atoms with Crippen molar-refractivity contribution in [2.24, 2.45) is 5.92 Å². The number of hydrogen-bond acceptors (Lipinski definition) is 5. The Balaban J connectivity index is 1.31. The van der Waals surface area contributed by atoms with Gasteiger partial charge in [0.2, 0.25) is 17.8 Å². The minimum atomic E-state index is -0.432. The zero-order chi connectivity index (χ0) is 20.9. The molecule has 8 nitrogen and oxygen atoms in total. The molecule has 2 aromatic carbocycles. The van der Waals surface area contributed by atoms with Gasteiger partial charge in [-0.15, -0.1) is 5.10 Å². The van der Waals surface area contributed by atoms with Crippen molar-refractivity contribution >= 4 is 23.5 Å². The normalized spacial score (nSPS) is 16.0. The van der Waals surface area contributed by atoms with Gasteiger partial charge in [0.1, 0.15) is 11.6 Å². The van der Waals surface area contributed by atoms with Gasteiger partial charge in [0.25, 0.3) is 0 Å². The number of H-pyrrole nitrogens is 1. The summed E-state index contributed by atoms with van der Waals surface area (Å²) in [5.41, 5.74) is 1.96. The third kappa shape index (κ3) is 4.48. The van der Waals surface area contributed by atoms with Crippen LogP contribution in [0.3, 0.4) is 0 Å². The van der Waals surface area contributed by atoms with Gasteiger partial charge >= 0.3 is 0 Å². The van der Waals surface area contributed by atoms with Crippen LogP contribution in [0.2, 0.25) is 0 Å². The monoisotopic (exact) mass is 405 g/mol. The zero-order valence-corrected chi connectivity index (χ0v) is 16.7. The molecule has 1 fully saturated rings. The van der Waals surface area contributed by atoms with Gasteiger partial charge < -0.3 is 9.64 Å². The summed E-state index contributed by atoms with van der Waals surface area (Å²) in [5.74, 6) is 1.00. The van der Waals surface area contributed by atoms with Crippen LogP contribution in [-0.4, -0.2) is 40.7 Å². The summed E-state index contributed by atoms with van der Waals surface area (Å²) < 4.78 is 5.16. The molecule has 0 spiro atoms. The molecule has 2 N–H and O–H groups in total. The average molecular weight is 405 g/mol. The lowest BCUT2D eigenvalue weighted by molar-refractivity contribution is -0.122. The van der Waals surface area contributed by atoms with E-state index in [1.807, 2.05) is 54.6 Å². The second-order valence-electron chi connectivity index (χ2n) is 7.18. The fourth-order valence-electron chi connectivity index (χ4n) is 3.47. The molecule has 0 unspecified atom stereocenters. The number of anilines is 2. The Kier molecular flexibility index (Phi) is 5.74. The van der Waals surface area contributed by atoms with Gasteiger partial charge in [-0.2, -0.15) is 4.98 Å². The smallest absolute Gasteiger partial charge is 0.248 e. The Morgan fingerprint density at radius 3 is 2.67 bits per heavy atom. The second kappa shape index (κ2) is 8.77. The fourth-order valence-corrected chi connectivity index (χ4v) is 3.47. The summed E-state index contributed by atoms with van der Waals surface area (Å²) in [6.45, 7) is 0.351. The number of ether oxygens (including phenoxy) is 1. The molecule has 1 aliphatic rings. The lowest BCUT2D eigenvalue weighted by Gasteiger charge is -2.16. The standard InChI is InChI=1S/C22H23N5O3/c1-30-18-10-7-15(8-11-18)9-12-19-23-22(26-25-19)24-21(29)16-13-20(28)27(14-16)17-5-3-2-4-6-17/h2-8,10-11,16H,9,12-14H2,1H3,(H2,23,24,25,26,29)/t16-/m0/s1. The number of aromatic nitrogens is 3. The Morgan fingerprint density at radius 1 is 1.17 bits per heavy atom. The van der Waals surface area contributed by atoms with Crippen molar-refractivity contribution in [3.8, 4) is 5.75 Å². The Labute approximate surface area is 174 Å². The van der Waals surface area contributed by atoms with Crippen molar-refractivity contribution in [3.05, 3.63) is 66.0 Å². The summed E-state index contributed by atoms with van der Waals surface area (Å²) in [6.07, 6.45) is 1.63. The molecule has 2 heterocycles. The van der Waals surface area contributed by atoms with Gasteiger partial charge in [-0.05, 0) is 36.2 Å². The van der Waals surface area contributed by atoms with Crippen molar-refractivity contribution in [2.45, 2.75) is 19.3 Å². The number of carbonyl (C=O) groups excluding carboxylic acids is 2. The van der Waals surface area contributed by atoms with E-state index in [0.717, 1.165) is 23.4 Å². The summed E-state index contributed by atoms with van der Waals surface area (Å²) in [4.78, 5) is 30.9. The minimum Gasteiger partial charge on any atom is -0.497 e. The molecule has 0 radical (unpaired) electrons. The number of aromatic amines is 1. The molecule has 8 heteroatoms. The molecule has 0 bridgehead atoms. The first kappa shape index (κ1) is 19.6. The van der Waals surface area contributed by atoms with Crippen LogP contribution in [0.25, 0.3) is 0 Å². The first-order valence-corrected chi connectivity index (χ1v) is 9.83.